The van der Waals surface area contributed by atoms with Gasteiger partial charge in [0.15, 0.2) is 5.96 Å². The van der Waals surface area contributed by atoms with Gasteiger partial charge in [-0.2, -0.15) is 0 Å². The summed E-state index contributed by atoms with van der Waals surface area (Å²) in [6.45, 7) is 3.60. The summed E-state index contributed by atoms with van der Waals surface area (Å²) < 4.78 is 20.2. The van der Waals surface area contributed by atoms with Crippen molar-refractivity contribution in [3.05, 3.63) is 77.4 Å². The fourth-order valence-electron chi connectivity index (χ4n) is 3.26. The lowest BCUT2D eigenvalue weighted by atomic mass is 9.95. The van der Waals surface area contributed by atoms with Crippen molar-refractivity contribution in [2.24, 2.45) is 10.7 Å². The lowest BCUT2D eigenvalue weighted by molar-refractivity contribution is 0.326. The molecular weight excluding hydrogens is 357 g/mol. The average molecular weight is 379 g/mol. The maximum Gasteiger partial charge on any atom is 0.193 e. The molecule has 0 saturated heterocycles. The predicted octanol–water partition coefficient (Wildman–Crippen LogP) is 3.27. The Kier molecular flexibility index (Phi) is 5.08. The molecule has 7 heteroatoms. The van der Waals surface area contributed by atoms with E-state index in [4.69, 9.17) is 10.3 Å². The van der Waals surface area contributed by atoms with Gasteiger partial charge >= 0.3 is 0 Å². The van der Waals surface area contributed by atoms with Crippen molar-refractivity contribution < 1.29 is 8.91 Å². The van der Waals surface area contributed by atoms with Crippen LogP contribution in [-0.2, 0) is 6.54 Å². The lowest BCUT2D eigenvalue weighted by Crippen LogP contribution is -2.47. The molecule has 0 spiro atoms. The third kappa shape index (κ3) is 3.75. The Bertz CT molecular complexity index is 985. The van der Waals surface area contributed by atoms with Crippen molar-refractivity contribution >= 4 is 5.96 Å². The molecule has 3 aromatic rings. The predicted molar refractivity (Wildman–Crippen MR) is 106 cm³/mol. The summed E-state index contributed by atoms with van der Waals surface area (Å²) in [5, 5.41) is 7.25. The van der Waals surface area contributed by atoms with Crippen LogP contribution in [0.3, 0.4) is 0 Å². The molecular formula is C21H22FN5O. The van der Waals surface area contributed by atoms with Gasteiger partial charge in [0.05, 0.1) is 19.9 Å². The van der Waals surface area contributed by atoms with Gasteiger partial charge in [0, 0.05) is 17.5 Å². The van der Waals surface area contributed by atoms with Crippen molar-refractivity contribution in [2.75, 3.05) is 13.3 Å². The molecule has 0 aliphatic carbocycles. The molecule has 2 aromatic carbocycles. The van der Waals surface area contributed by atoms with Crippen molar-refractivity contribution in [2.45, 2.75) is 19.4 Å². The molecule has 0 bridgehead atoms. The molecule has 1 aliphatic heterocycles. The summed E-state index contributed by atoms with van der Waals surface area (Å²) in [5.74, 6) is 0.794. The van der Waals surface area contributed by atoms with Crippen LogP contribution in [0.5, 0.6) is 0 Å². The highest BCUT2D eigenvalue weighted by atomic mass is 19.1. The molecule has 144 valence electrons. The Labute approximate surface area is 162 Å². The summed E-state index contributed by atoms with van der Waals surface area (Å²) in [7, 11) is 0. The smallest absolute Gasteiger partial charge is 0.193 e. The zero-order valence-electron chi connectivity index (χ0n) is 15.6. The zero-order chi connectivity index (χ0) is 19.5. The molecule has 1 unspecified atom stereocenters. The largest absolute Gasteiger partial charge is 0.370 e. The van der Waals surface area contributed by atoms with E-state index in [1.165, 1.54) is 0 Å². The van der Waals surface area contributed by atoms with Crippen LogP contribution in [0.2, 0.25) is 0 Å². The number of hydrogen-bond donors (Lipinski definition) is 2. The van der Waals surface area contributed by atoms with Gasteiger partial charge in [0.25, 0.3) is 0 Å². The number of rotatable bonds is 5. The van der Waals surface area contributed by atoms with E-state index in [1.807, 2.05) is 60.4 Å². The van der Waals surface area contributed by atoms with E-state index in [2.05, 4.69) is 15.5 Å². The SMILES string of the molecule is CC(c1ccc(-c2ccccc2)c(F)c1)c1cc(CN2CNCN=C2N)no1. The van der Waals surface area contributed by atoms with Gasteiger partial charge in [0.2, 0.25) is 0 Å². The number of hydrogen-bond acceptors (Lipinski definition) is 6. The third-order valence-electron chi connectivity index (χ3n) is 4.91. The second kappa shape index (κ2) is 7.82. The number of nitrogens with two attached hydrogens (primary N) is 1. The van der Waals surface area contributed by atoms with Gasteiger partial charge < -0.3 is 15.2 Å². The summed E-state index contributed by atoms with van der Waals surface area (Å²) in [6.07, 6.45) is 0. The van der Waals surface area contributed by atoms with E-state index < -0.39 is 0 Å². The lowest BCUT2D eigenvalue weighted by Gasteiger charge is -2.26. The summed E-state index contributed by atoms with van der Waals surface area (Å²) in [6, 6.07) is 16.7. The number of aromatic nitrogens is 1. The van der Waals surface area contributed by atoms with Gasteiger partial charge in [-0.3, -0.25) is 5.32 Å². The van der Waals surface area contributed by atoms with E-state index in [1.54, 1.807) is 6.07 Å². The fraction of sp³-hybridized carbons (Fsp3) is 0.238. The van der Waals surface area contributed by atoms with Gasteiger partial charge in [-0.05, 0) is 17.2 Å². The molecule has 1 aromatic heterocycles. The standard InChI is InChI=1S/C21H22FN5O/c1-14(16-7-8-18(19(22)9-16)15-5-3-2-4-6-15)20-10-17(26-28-20)11-27-13-24-12-25-21(27)23/h2-10,14,24H,11-13H2,1H3,(H2,23,25). The Hall–Kier alpha value is -3.19. The molecule has 1 atom stereocenters. The van der Waals surface area contributed by atoms with Crippen LogP contribution in [-0.4, -0.2) is 29.4 Å². The molecule has 6 nitrogen and oxygen atoms in total. The number of aliphatic imine (C=N–C) groups is 1. The van der Waals surface area contributed by atoms with Crippen molar-refractivity contribution in [3.8, 4) is 11.1 Å². The van der Waals surface area contributed by atoms with Crippen LogP contribution in [0.15, 0.2) is 64.1 Å². The van der Waals surface area contributed by atoms with Crippen molar-refractivity contribution in [1.82, 2.24) is 15.4 Å². The summed E-state index contributed by atoms with van der Waals surface area (Å²) in [4.78, 5) is 6.03. The average Bonchev–Trinajstić information content (AvgIpc) is 3.18. The number of nitrogens with zero attached hydrogens (tertiary/aromatic N) is 3. The Morgan fingerprint density at radius 1 is 1.21 bits per heavy atom. The highest BCUT2D eigenvalue weighted by molar-refractivity contribution is 5.78. The first-order valence-electron chi connectivity index (χ1n) is 9.18. The van der Waals surface area contributed by atoms with Crippen LogP contribution < -0.4 is 11.1 Å². The molecule has 4 rings (SSSR count). The maximum atomic E-state index is 14.7. The summed E-state index contributed by atoms with van der Waals surface area (Å²) in [5.41, 5.74) is 8.93. The molecule has 2 heterocycles. The van der Waals surface area contributed by atoms with Crippen molar-refractivity contribution in [3.63, 3.8) is 0 Å². The zero-order valence-corrected chi connectivity index (χ0v) is 15.6. The Balaban J connectivity index is 1.51. The third-order valence-corrected chi connectivity index (χ3v) is 4.91. The van der Waals surface area contributed by atoms with Crippen LogP contribution in [0, 0.1) is 5.82 Å². The number of nitrogens with one attached hydrogen (secondary N) is 1. The maximum absolute atomic E-state index is 14.7. The molecule has 3 N–H and O–H groups in total. The first-order valence-corrected chi connectivity index (χ1v) is 9.18. The number of benzene rings is 2. The van der Waals surface area contributed by atoms with Crippen LogP contribution in [0.1, 0.15) is 29.9 Å². The quantitative estimate of drug-likeness (QED) is 0.711. The minimum atomic E-state index is -0.251. The normalized spacial score (nSPS) is 15.4. The molecule has 0 radical (unpaired) electrons. The van der Waals surface area contributed by atoms with E-state index >= 15 is 0 Å². The van der Waals surface area contributed by atoms with Gasteiger partial charge in [-0.25, -0.2) is 9.38 Å². The first kappa shape index (κ1) is 18.2. The van der Waals surface area contributed by atoms with Crippen LogP contribution in [0.25, 0.3) is 11.1 Å². The second-order valence-corrected chi connectivity index (χ2v) is 6.83. The fourth-order valence-corrected chi connectivity index (χ4v) is 3.26. The molecule has 0 amide bonds. The molecule has 28 heavy (non-hydrogen) atoms. The molecule has 0 saturated carbocycles. The van der Waals surface area contributed by atoms with E-state index in [0.717, 1.165) is 16.8 Å². The second-order valence-electron chi connectivity index (χ2n) is 6.83. The van der Waals surface area contributed by atoms with Gasteiger partial charge in [-0.1, -0.05) is 54.5 Å². The monoisotopic (exact) mass is 379 g/mol. The first-order chi connectivity index (χ1) is 13.6. The minimum absolute atomic E-state index is 0.119. The highest BCUT2D eigenvalue weighted by Gasteiger charge is 2.19. The Morgan fingerprint density at radius 2 is 2.04 bits per heavy atom. The van der Waals surface area contributed by atoms with E-state index in [0.29, 0.717) is 37.2 Å². The van der Waals surface area contributed by atoms with Gasteiger partial charge in [0.1, 0.15) is 17.3 Å². The highest BCUT2D eigenvalue weighted by Crippen LogP contribution is 2.29. The molecule has 1 aliphatic rings. The van der Waals surface area contributed by atoms with Gasteiger partial charge in [-0.15, -0.1) is 0 Å². The van der Waals surface area contributed by atoms with Crippen molar-refractivity contribution in [1.29, 1.82) is 0 Å². The topological polar surface area (TPSA) is 79.7 Å². The molecule has 0 fully saturated rings. The van der Waals surface area contributed by atoms with Crippen LogP contribution >= 0.6 is 0 Å². The minimum Gasteiger partial charge on any atom is -0.370 e. The van der Waals surface area contributed by atoms with Crippen LogP contribution in [0.4, 0.5) is 4.39 Å². The van der Waals surface area contributed by atoms with E-state index in [-0.39, 0.29) is 11.7 Å². The number of halogens is 1. The number of guanidine groups is 1. The summed E-state index contributed by atoms with van der Waals surface area (Å²) >= 11 is 0. The van der Waals surface area contributed by atoms with E-state index in [9.17, 15) is 4.39 Å². The Morgan fingerprint density at radius 3 is 2.79 bits per heavy atom.